The first-order valence-electron chi connectivity index (χ1n) is 5.53. The second-order valence-electron chi connectivity index (χ2n) is 4.00. The van der Waals surface area contributed by atoms with Gasteiger partial charge in [0, 0.05) is 0 Å². The maximum atomic E-state index is 13.6. The molecule has 0 radical (unpaired) electrons. The van der Waals surface area contributed by atoms with E-state index in [4.69, 9.17) is 11.6 Å². The number of halogens is 2. The van der Waals surface area contributed by atoms with Crippen molar-refractivity contribution in [3.05, 3.63) is 47.0 Å². The van der Waals surface area contributed by atoms with Crippen LogP contribution in [0.25, 0.3) is 11.0 Å². The zero-order valence-corrected chi connectivity index (χ0v) is 12.9. The van der Waals surface area contributed by atoms with Gasteiger partial charge in [0.15, 0.2) is 0 Å². The number of nitrogens with zero attached hydrogens (tertiary/aromatic N) is 4. The van der Waals surface area contributed by atoms with Gasteiger partial charge in [0.25, 0.3) is 0 Å². The molecule has 1 atom stereocenters. The van der Waals surface area contributed by atoms with E-state index in [0.29, 0.717) is 32.9 Å². The number of hydrogen-bond donors (Lipinski definition) is 0. The molecule has 96 valence electrons. The van der Waals surface area contributed by atoms with E-state index < -0.39 is 0 Å². The van der Waals surface area contributed by atoms with Gasteiger partial charge in [0.05, 0.1) is 0 Å². The van der Waals surface area contributed by atoms with Gasteiger partial charge < -0.3 is 0 Å². The number of hydrogen-bond acceptors (Lipinski definition) is 3. The third kappa shape index (κ3) is 2.36. The SMILES string of the molecule is Fc1ccccc1Cn1ncc2c(Cl)nc([AsH2])nc21. The van der Waals surface area contributed by atoms with Crippen LogP contribution in [0, 0.1) is 5.82 Å². The fourth-order valence-electron chi connectivity index (χ4n) is 1.84. The minimum atomic E-state index is -0.257. The molecule has 0 spiro atoms. The molecule has 0 aliphatic carbocycles. The van der Waals surface area contributed by atoms with E-state index in [1.165, 1.54) is 22.9 Å². The van der Waals surface area contributed by atoms with Gasteiger partial charge in [-0.15, -0.1) is 0 Å². The molecule has 1 unspecified atom stereocenters. The first-order valence-corrected chi connectivity index (χ1v) is 7.12. The first kappa shape index (κ1) is 12.6. The summed E-state index contributed by atoms with van der Waals surface area (Å²) in [6.45, 7) is 0.315. The van der Waals surface area contributed by atoms with Crippen LogP contribution in [0.2, 0.25) is 5.15 Å². The van der Waals surface area contributed by atoms with Gasteiger partial charge in [0.2, 0.25) is 0 Å². The van der Waals surface area contributed by atoms with Crippen LogP contribution >= 0.6 is 11.6 Å². The van der Waals surface area contributed by atoms with Crippen molar-refractivity contribution in [3.63, 3.8) is 0 Å². The van der Waals surface area contributed by atoms with Gasteiger partial charge >= 0.3 is 122 Å². The first-order chi connectivity index (χ1) is 9.15. The van der Waals surface area contributed by atoms with E-state index in [1.807, 2.05) is 0 Å². The Hall–Kier alpha value is -1.45. The Labute approximate surface area is 122 Å². The molecule has 0 amide bonds. The molecule has 0 aliphatic rings. The van der Waals surface area contributed by atoms with Crippen LogP contribution < -0.4 is 4.61 Å². The van der Waals surface area contributed by atoms with E-state index in [-0.39, 0.29) is 5.82 Å². The number of fused-ring (bicyclic) bond motifs is 1. The molecule has 7 heteroatoms. The number of aromatic nitrogens is 4. The molecule has 2 aromatic heterocycles. The standard InChI is InChI=1S/C12H9AsClFN4/c13-12-17-10(14)8-5-16-19(11(8)18-12)6-7-3-1-2-4-9(7)15/h1-5H,6,13H2. The average Bonchev–Trinajstić information content (AvgIpc) is 2.76. The monoisotopic (exact) mass is 338 g/mol. The van der Waals surface area contributed by atoms with E-state index in [2.05, 4.69) is 15.1 Å². The topological polar surface area (TPSA) is 43.6 Å². The average molecular weight is 339 g/mol. The molecule has 0 bridgehead atoms. The van der Waals surface area contributed by atoms with Crippen molar-refractivity contribution in [2.45, 2.75) is 6.54 Å². The van der Waals surface area contributed by atoms with Gasteiger partial charge in [-0.05, 0) is 0 Å². The third-order valence-corrected chi connectivity index (χ3v) is 3.57. The summed E-state index contributed by atoms with van der Waals surface area (Å²) in [6.07, 6.45) is 1.60. The van der Waals surface area contributed by atoms with Crippen LogP contribution in [0.1, 0.15) is 5.56 Å². The van der Waals surface area contributed by atoms with Crippen molar-refractivity contribution in [1.82, 2.24) is 19.7 Å². The molecule has 0 N–H and O–H groups in total. The summed E-state index contributed by atoms with van der Waals surface area (Å²) >= 11 is 7.32. The molecular weight excluding hydrogens is 330 g/mol. The van der Waals surface area contributed by atoms with Gasteiger partial charge in [-0.2, -0.15) is 0 Å². The van der Waals surface area contributed by atoms with Gasteiger partial charge in [-0.1, -0.05) is 0 Å². The van der Waals surface area contributed by atoms with Crippen molar-refractivity contribution < 1.29 is 4.39 Å². The van der Waals surface area contributed by atoms with Crippen LogP contribution in [0.3, 0.4) is 0 Å². The second kappa shape index (κ2) is 4.91. The Morgan fingerprint density at radius 3 is 2.84 bits per heavy atom. The van der Waals surface area contributed by atoms with Gasteiger partial charge in [0.1, 0.15) is 0 Å². The zero-order valence-electron chi connectivity index (χ0n) is 9.72. The fraction of sp³-hybridized carbons (Fsp3) is 0.0833. The summed E-state index contributed by atoms with van der Waals surface area (Å²) in [5.74, 6) is -0.257. The molecule has 4 nitrogen and oxygen atoms in total. The Kier molecular flexibility index (Phi) is 3.25. The van der Waals surface area contributed by atoms with Crippen LogP contribution in [-0.2, 0) is 6.54 Å². The summed E-state index contributed by atoms with van der Waals surface area (Å²) in [4.78, 5) is 8.43. The van der Waals surface area contributed by atoms with Crippen LogP contribution in [0.4, 0.5) is 4.39 Å². The number of benzene rings is 1. The van der Waals surface area contributed by atoms with Crippen molar-refractivity contribution in [3.8, 4) is 0 Å². The predicted octanol–water partition coefficient (Wildman–Crippen LogP) is 0.925. The van der Waals surface area contributed by atoms with Crippen LogP contribution in [0.15, 0.2) is 30.5 Å². The molecule has 0 saturated heterocycles. The Balaban J connectivity index is 2.09. The molecule has 3 rings (SSSR count). The van der Waals surface area contributed by atoms with E-state index >= 15 is 0 Å². The van der Waals surface area contributed by atoms with Crippen molar-refractivity contribution in [1.29, 1.82) is 0 Å². The summed E-state index contributed by atoms with van der Waals surface area (Å²) in [5, 5.41) is 5.26. The molecule has 0 saturated carbocycles. The maximum absolute atomic E-state index is 13.6. The molecule has 2 heterocycles. The molecule has 3 aromatic rings. The van der Waals surface area contributed by atoms with Crippen molar-refractivity contribution >= 4 is 44.1 Å². The summed E-state index contributed by atoms with van der Waals surface area (Å²) < 4.78 is 15.9. The summed E-state index contributed by atoms with van der Waals surface area (Å²) in [5.41, 5.74) is 1.19. The molecule has 0 aliphatic heterocycles. The quantitative estimate of drug-likeness (QED) is 0.516. The molecule has 19 heavy (non-hydrogen) atoms. The minimum absolute atomic E-state index is 0.257. The summed E-state index contributed by atoms with van der Waals surface area (Å²) in [7, 11) is 0. The molecular formula is C12H9AsClFN4. The van der Waals surface area contributed by atoms with Gasteiger partial charge in [-0.3, -0.25) is 0 Å². The van der Waals surface area contributed by atoms with Crippen molar-refractivity contribution in [2.24, 2.45) is 0 Å². The summed E-state index contributed by atoms with van der Waals surface area (Å²) in [6, 6.07) is 6.60. The Morgan fingerprint density at radius 1 is 1.26 bits per heavy atom. The third-order valence-electron chi connectivity index (χ3n) is 2.74. The van der Waals surface area contributed by atoms with E-state index in [0.717, 1.165) is 0 Å². The van der Waals surface area contributed by atoms with Crippen molar-refractivity contribution in [2.75, 3.05) is 0 Å². The number of rotatable bonds is 2. The molecule has 0 fully saturated rings. The van der Waals surface area contributed by atoms with Crippen LogP contribution in [-0.4, -0.2) is 36.6 Å². The van der Waals surface area contributed by atoms with Gasteiger partial charge in [-0.25, -0.2) is 0 Å². The normalized spacial score (nSPS) is 11.1. The van der Waals surface area contributed by atoms with Crippen LogP contribution in [0.5, 0.6) is 0 Å². The van der Waals surface area contributed by atoms with E-state index in [9.17, 15) is 4.39 Å². The Bertz CT molecular complexity index is 759. The predicted molar refractivity (Wildman–Crippen MR) is 74.0 cm³/mol. The molecule has 1 aromatic carbocycles. The zero-order chi connectivity index (χ0) is 13.4. The Morgan fingerprint density at radius 2 is 2.05 bits per heavy atom. The fourth-order valence-corrected chi connectivity index (χ4v) is 2.76. The van der Waals surface area contributed by atoms with E-state index in [1.54, 1.807) is 29.1 Å². The second-order valence-corrected chi connectivity index (χ2v) is 5.44.